The molecule has 0 spiro atoms. The first kappa shape index (κ1) is 12.3. The van der Waals surface area contributed by atoms with Crippen molar-refractivity contribution in [1.82, 2.24) is 9.88 Å². The van der Waals surface area contributed by atoms with Gasteiger partial charge in [-0.2, -0.15) is 0 Å². The van der Waals surface area contributed by atoms with Gasteiger partial charge in [-0.1, -0.05) is 6.07 Å². The van der Waals surface area contributed by atoms with Gasteiger partial charge in [0.15, 0.2) is 0 Å². The average molecular weight is 246 g/mol. The Labute approximate surface area is 105 Å². The summed E-state index contributed by atoms with van der Waals surface area (Å²) in [7, 11) is 0. The van der Waals surface area contributed by atoms with E-state index in [2.05, 4.69) is 4.98 Å². The molecule has 5 heteroatoms. The van der Waals surface area contributed by atoms with Crippen molar-refractivity contribution >= 4 is 18.0 Å². The molecular weight excluding hydrogens is 232 g/mol. The molecule has 1 heterocycles. The number of carbonyl (C=O) groups excluding carboxylic acids is 1. The van der Waals surface area contributed by atoms with Gasteiger partial charge in [-0.05, 0) is 31.1 Å². The van der Waals surface area contributed by atoms with Crippen LogP contribution < -0.4 is 0 Å². The predicted octanol–water partition coefficient (Wildman–Crippen LogP) is 1.17. The number of rotatable bonds is 5. The Bertz CT molecular complexity index is 466. The molecule has 2 rings (SSSR count). The van der Waals surface area contributed by atoms with E-state index in [0.717, 1.165) is 12.8 Å². The van der Waals surface area contributed by atoms with Crippen LogP contribution >= 0.6 is 0 Å². The molecule has 1 saturated carbocycles. The monoisotopic (exact) mass is 246 g/mol. The molecule has 1 aliphatic carbocycles. The Morgan fingerprint density at radius 1 is 1.44 bits per heavy atom. The zero-order valence-electron chi connectivity index (χ0n) is 9.82. The lowest BCUT2D eigenvalue weighted by atomic mass is 10.3. The maximum atomic E-state index is 11.9. The van der Waals surface area contributed by atoms with Crippen LogP contribution in [0.15, 0.2) is 30.5 Å². The molecule has 0 radical (unpaired) electrons. The molecule has 0 atom stereocenters. The Hall–Kier alpha value is -2.17. The quantitative estimate of drug-likeness (QED) is 0.792. The van der Waals surface area contributed by atoms with Gasteiger partial charge in [0.25, 0.3) is 0 Å². The minimum absolute atomic E-state index is 0.0852. The standard InChI is InChI=1S/C13H14N2O3/c16-12(7-4-10-3-1-2-8-14-10)15(9-13(17)18)11-5-6-11/h1-4,7-8,11H,5-6,9H2,(H,17,18). The molecule has 0 aromatic carbocycles. The number of hydrogen-bond acceptors (Lipinski definition) is 3. The lowest BCUT2D eigenvalue weighted by molar-refractivity contribution is -0.143. The van der Waals surface area contributed by atoms with E-state index in [1.165, 1.54) is 11.0 Å². The van der Waals surface area contributed by atoms with Crippen LogP contribution in [0.2, 0.25) is 0 Å². The molecule has 0 bridgehead atoms. The SMILES string of the molecule is O=C(O)CN(C(=O)C=Cc1ccccn1)C1CC1. The van der Waals surface area contributed by atoms with Gasteiger partial charge in [-0.3, -0.25) is 14.6 Å². The number of aromatic nitrogens is 1. The zero-order chi connectivity index (χ0) is 13.0. The summed E-state index contributed by atoms with van der Waals surface area (Å²) < 4.78 is 0. The summed E-state index contributed by atoms with van der Waals surface area (Å²) in [5.41, 5.74) is 0.678. The minimum Gasteiger partial charge on any atom is -0.480 e. The third-order valence-corrected chi connectivity index (χ3v) is 2.66. The van der Waals surface area contributed by atoms with E-state index in [4.69, 9.17) is 5.11 Å². The van der Waals surface area contributed by atoms with E-state index >= 15 is 0 Å². The highest BCUT2D eigenvalue weighted by atomic mass is 16.4. The predicted molar refractivity (Wildman–Crippen MR) is 65.6 cm³/mol. The number of carbonyl (C=O) groups is 2. The van der Waals surface area contributed by atoms with E-state index in [-0.39, 0.29) is 18.5 Å². The Morgan fingerprint density at radius 3 is 2.78 bits per heavy atom. The average Bonchev–Trinajstić information content (AvgIpc) is 3.18. The summed E-state index contributed by atoms with van der Waals surface area (Å²) in [5, 5.41) is 8.76. The van der Waals surface area contributed by atoms with Gasteiger partial charge >= 0.3 is 5.97 Å². The summed E-state index contributed by atoms with van der Waals surface area (Å²) in [4.78, 5) is 28.0. The number of nitrogens with zero attached hydrogens (tertiary/aromatic N) is 2. The van der Waals surface area contributed by atoms with Gasteiger partial charge in [0, 0.05) is 18.3 Å². The van der Waals surface area contributed by atoms with Gasteiger partial charge in [0.1, 0.15) is 6.54 Å². The Kier molecular flexibility index (Phi) is 3.72. The molecule has 18 heavy (non-hydrogen) atoms. The van der Waals surface area contributed by atoms with Gasteiger partial charge in [-0.15, -0.1) is 0 Å². The molecule has 1 amide bonds. The number of pyridine rings is 1. The fourth-order valence-corrected chi connectivity index (χ4v) is 1.65. The number of hydrogen-bond donors (Lipinski definition) is 1. The second-order valence-electron chi connectivity index (χ2n) is 4.18. The van der Waals surface area contributed by atoms with Crippen molar-refractivity contribution in [3.63, 3.8) is 0 Å². The third kappa shape index (κ3) is 3.41. The maximum Gasteiger partial charge on any atom is 0.323 e. The van der Waals surface area contributed by atoms with E-state index in [1.54, 1.807) is 24.4 Å². The van der Waals surface area contributed by atoms with Crippen LogP contribution in [-0.2, 0) is 9.59 Å². The summed E-state index contributed by atoms with van der Waals surface area (Å²) >= 11 is 0. The van der Waals surface area contributed by atoms with Crippen LogP contribution in [-0.4, -0.2) is 39.5 Å². The van der Waals surface area contributed by atoms with Crippen molar-refractivity contribution in [3.05, 3.63) is 36.2 Å². The topological polar surface area (TPSA) is 70.5 Å². The second-order valence-corrected chi connectivity index (χ2v) is 4.18. The number of aliphatic carboxylic acids is 1. The molecule has 1 aromatic rings. The third-order valence-electron chi connectivity index (χ3n) is 2.66. The van der Waals surface area contributed by atoms with Crippen molar-refractivity contribution in [2.24, 2.45) is 0 Å². The highest BCUT2D eigenvalue weighted by Gasteiger charge is 2.32. The fourth-order valence-electron chi connectivity index (χ4n) is 1.65. The first-order chi connectivity index (χ1) is 8.66. The van der Waals surface area contributed by atoms with Crippen molar-refractivity contribution in [3.8, 4) is 0 Å². The highest BCUT2D eigenvalue weighted by molar-refractivity contribution is 5.93. The van der Waals surface area contributed by atoms with E-state index in [1.807, 2.05) is 6.07 Å². The summed E-state index contributed by atoms with van der Waals surface area (Å²) in [6.45, 7) is -0.240. The molecule has 1 fully saturated rings. The fraction of sp³-hybridized carbons (Fsp3) is 0.308. The van der Waals surface area contributed by atoms with Gasteiger partial charge < -0.3 is 10.0 Å². The summed E-state index contributed by atoms with van der Waals surface area (Å²) in [5.74, 6) is -1.26. The minimum atomic E-state index is -0.985. The number of carboxylic acids is 1. The largest absolute Gasteiger partial charge is 0.480 e. The van der Waals surface area contributed by atoms with Gasteiger partial charge in [0.05, 0.1) is 5.69 Å². The van der Waals surface area contributed by atoms with Crippen molar-refractivity contribution in [2.45, 2.75) is 18.9 Å². The number of amides is 1. The van der Waals surface area contributed by atoms with Crippen LogP contribution in [0.1, 0.15) is 18.5 Å². The Morgan fingerprint density at radius 2 is 2.22 bits per heavy atom. The molecule has 1 N–H and O–H groups in total. The summed E-state index contributed by atoms with van der Waals surface area (Å²) in [6, 6.07) is 5.48. The molecule has 5 nitrogen and oxygen atoms in total. The number of carboxylic acid groups (broad SMARTS) is 1. The highest BCUT2D eigenvalue weighted by Crippen LogP contribution is 2.26. The van der Waals surface area contributed by atoms with E-state index in [0.29, 0.717) is 5.69 Å². The van der Waals surface area contributed by atoms with Crippen LogP contribution in [0, 0.1) is 0 Å². The second kappa shape index (κ2) is 5.44. The van der Waals surface area contributed by atoms with Crippen LogP contribution in [0.3, 0.4) is 0 Å². The molecule has 1 aromatic heterocycles. The molecule has 94 valence electrons. The lowest BCUT2D eigenvalue weighted by Gasteiger charge is -2.17. The summed E-state index contributed by atoms with van der Waals surface area (Å²) in [6.07, 6.45) is 6.39. The van der Waals surface area contributed by atoms with Crippen LogP contribution in [0.4, 0.5) is 0 Å². The first-order valence-corrected chi connectivity index (χ1v) is 5.78. The van der Waals surface area contributed by atoms with Gasteiger partial charge in [0.2, 0.25) is 5.91 Å². The maximum absolute atomic E-state index is 11.9. The molecular formula is C13H14N2O3. The van der Waals surface area contributed by atoms with Crippen LogP contribution in [0.25, 0.3) is 6.08 Å². The zero-order valence-corrected chi connectivity index (χ0v) is 9.82. The van der Waals surface area contributed by atoms with Crippen LogP contribution in [0.5, 0.6) is 0 Å². The molecule has 0 saturated heterocycles. The molecule has 1 aliphatic rings. The molecule has 0 unspecified atom stereocenters. The van der Waals surface area contributed by atoms with Crippen molar-refractivity contribution in [2.75, 3.05) is 6.54 Å². The Balaban J connectivity index is 2.01. The van der Waals surface area contributed by atoms with E-state index in [9.17, 15) is 9.59 Å². The molecule has 0 aliphatic heterocycles. The van der Waals surface area contributed by atoms with Gasteiger partial charge in [-0.25, -0.2) is 0 Å². The van der Waals surface area contributed by atoms with Crippen molar-refractivity contribution < 1.29 is 14.7 Å². The first-order valence-electron chi connectivity index (χ1n) is 5.78. The lowest BCUT2D eigenvalue weighted by Crippen LogP contribution is -2.36. The van der Waals surface area contributed by atoms with Crippen molar-refractivity contribution in [1.29, 1.82) is 0 Å². The smallest absolute Gasteiger partial charge is 0.323 e. The van der Waals surface area contributed by atoms with E-state index < -0.39 is 5.97 Å². The normalized spacial score (nSPS) is 14.7.